The van der Waals surface area contributed by atoms with Gasteiger partial charge in [-0.15, -0.1) is 0 Å². The molecule has 0 spiro atoms. The zero-order valence-corrected chi connectivity index (χ0v) is 45.8. The van der Waals surface area contributed by atoms with Crippen LogP contribution in [0.4, 0.5) is 0 Å². The minimum Gasteiger partial charge on any atom is -0.394 e. The molecule has 0 aromatic carbocycles. The van der Waals surface area contributed by atoms with Crippen molar-refractivity contribution in [1.29, 1.82) is 0 Å². The molecule has 0 aliphatic rings. The van der Waals surface area contributed by atoms with Crippen molar-refractivity contribution in [3.8, 4) is 0 Å². The van der Waals surface area contributed by atoms with E-state index >= 15 is 0 Å². The highest BCUT2D eigenvalue weighted by molar-refractivity contribution is 5.80. The van der Waals surface area contributed by atoms with E-state index in [2.05, 4.69) is 79.9 Å². The van der Waals surface area contributed by atoms with Crippen molar-refractivity contribution in [2.75, 3.05) is 6.61 Å². The SMILES string of the molecule is CCCCCCCCCCC/C=C\C/C=C\CCCCCCCCCCCCCCC(O)C(=O)NC(CO)C(O)C(O)CCC/C=C/CC/C=C/CC/C=C/CCCCCCCCCCCCCC. The van der Waals surface area contributed by atoms with Gasteiger partial charge in [0.05, 0.1) is 18.8 Å². The van der Waals surface area contributed by atoms with Crippen LogP contribution in [0.5, 0.6) is 0 Å². The lowest BCUT2D eigenvalue weighted by Crippen LogP contribution is -2.53. The van der Waals surface area contributed by atoms with Gasteiger partial charge in [-0.3, -0.25) is 4.79 Å². The molecule has 0 saturated carbocycles. The molecule has 4 atom stereocenters. The summed E-state index contributed by atoms with van der Waals surface area (Å²) >= 11 is 0. The van der Waals surface area contributed by atoms with Crippen molar-refractivity contribution in [3.63, 3.8) is 0 Å². The molecule has 0 saturated heterocycles. The molecular weight excluding hydrogens is 851 g/mol. The Labute approximate surface area is 429 Å². The number of unbranched alkanes of at least 4 members (excludes halogenated alkanes) is 36. The first-order chi connectivity index (χ1) is 34.0. The van der Waals surface area contributed by atoms with Crippen LogP contribution in [0, 0.1) is 0 Å². The highest BCUT2D eigenvalue weighted by Gasteiger charge is 2.28. The van der Waals surface area contributed by atoms with Crippen LogP contribution < -0.4 is 5.32 Å². The van der Waals surface area contributed by atoms with Gasteiger partial charge in [0.25, 0.3) is 0 Å². The standard InChI is InChI=1S/C63H117NO5/c1-3-5-7-9-11-13-15-17-19-21-23-25-27-29-30-31-33-35-37-39-41-43-45-47-49-51-53-55-57-61(67)63(69)64-59(58-65)62(68)60(66)56-54-52-50-48-46-44-42-40-38-36-34-32-28-26-24-22-20-18-16-14-12-10-8-6-4-2/h23,25,29-30,32,34,40,42,48,50,59-62,65-68H,3-22,24,26-28,31,33,35-39,41,43-47,49,51-58H2,1-2H3,(H,64,69)/b25-23-,30-29-,34-32+,42-40+,50-48+. The van der Waals surface area contributed by atoms with Crippen molar-refractivity contribution in [1.82, 2.24) is 5.32 Å². The Bertz CT molecular complexity index is 1180. The lowest BCUT2D eigenvalue weighted by atomic mass is 10.00. The Morgan fingerprint density at radius 1 is 0.362 bits per heavy atom. The van der Waals surface area contributed by atoms with E-state index < -0.39 is 36.9 Å². The van der Waals surface area contributed by atoms with Crippen LogP contribution in [0.2, 0.25) is 0 Å². The monoisotopic (exact) mass is 968 g/mol. The second kappa shape index (κ2) is 56.9. The van der Waals surface area contributed by atoms with E-state index in [0.29, 0.717) is 19.3 Å². The zero-order valence-electron chi connectivity index (χ0n) is 45.8. The molecule has 6 heteroatoms. The predicted molar refractivity (Wildman–Crippen MR) is 302 cm³/mol. The van der Waals surface area contributed by atoms with Crippen LogP contribution in [0.3, 0.4) is 0 Å². The largest absolute Gasteiger partial charge is 0.394 e. The highest BCUT2D eigenvalue weighted by Crippen LogP contribution is 2.17. The molecule has 6 nitrogen and oxygen atoms in total. The van der Waals surface area contributed by atoms with Gasteiger partial charge in [-0.2, -0.15) is 0 Å². The van der Waals surface area contributed by atoms with Crippen molar-refractivity contribution in [2.45, 2.75) is 327 Å². The number of nitrogens with one attached hydrogen (secondary N) is 1. The van der Waals surface area contributed by atoms with Crippen LogP contribution in [0.25, 0.3) is 0 Å². The number of hydrogen-bond donors (Lipinski definition) is 5. The first-order valence-electron chi connectivity index (χ1n) is 30.2. The van der Waals surface area contributed by atoms with Crippen LogP contribution >= 0.6 is 0 Å². The van der Waals surface area contributed by atoms with Crippen LogP contribution in [-0.2, 0) is 4.79 Å². The number of aliphatic hydroxyl groups is 4. The molecule has 0 aromatic heterocycles. The van der Waals surface area contributed by atoms with Gasteiger partial charge in [-0.1, -0.05) is 267 Å². The number of carbonyl (C=O) groups is 1. The van der Waals surface area contributed by atoms with Gasteiger partial charge >= 0.3 is 0 Å². The molecule has 0 heterocycles. The fraction of sp³-hybridized carbons (Fsp3) is 0.825. The van der Waals surface area contributed by atoms with Crippen molar-refractivity contribution in [3.05, 3.63) is 60.8 Å². The second-order valence-corrected chi connectivity index (χ2v) is 20.7. The third-order valence-corrected chi connectivity index (χ3v) is 13.9. The second-order valence-electron chi connectivity index (χ2n) is 20.7. The lowest BCUT2D eigenvalue weighted by Gasteiger charge is -2.27. The van der Waals surface area contributed by atoms with Crippen LogP contribution in [-0.4, -0.2) is 57.3 Å². The molecule has 4 unspecified atom stereocenters. The van der Waals surface area contributed by atoms with E-state index in [1.807, 2.05) is 0 Å². The average molecular weight is 969 g/mol. The van der Waals surface area contributed by atoms with Gasteiger partial charge < -0.3 is 25.7 Å². The predicted octanol–water partition coefficient (Wildman–Crippen LogP) is 17.9. The van der Waals surface area contributed by atoms with E-state index in [9.17, 15) is 25.2 Å². The summed E-state index contributed by atoms with van der Waals surface area (Å²) < 4.78 is 0. The molecule has 0 aliphatic carbocycles. The summed E-state index contributed by atoms with van der Waals surface area (Å²) in [5, 5.41) is 44.0. The van der Waals surface area contributed by atoms with Gasteiger partial charge in [0.1, 0.15) is 12.2 Å². The lowest BCUT2D eigenvalue weighted by molar-refractivity contribution is -0.132. The van der Waals surface area contributed by atoms with E-state index in [4.69, 9.17) is 0 Å². The molecule has 0 radical (unpaired) electrons. The van der Waals surface area contributed by atoms with Crippen molar-refractivity contribution in [2.24, 2.45) is 0 Å². The molecule has 0 bridgehead atoms. The van der Waals surface area contributed by atoms with E-state index in [0.717, 1.165) is 57.8 Å². The van der Waals surface area contributed by atoms with Gasteiger partial charge in [0, 0.05) is 0 Å². The fourth-order valence-corrected chi connectivity index (χ4v) is 9.18. The Kier molecular flexibility index (Phi) is 55.3. The number of hydrogen-bond acceptors (Lipinski definition) is 5. The molecule has 0 fully saturated rings. The molecular formula is C63H117NO5. The minimum atomic E-state index is -1.30. The summed E-state index contributed by atoms with van der Waals surface area (Å²) in [5.74, 6) is -0.599. The quantitative estimate of drug-likeness (QED) is 0.0308. The maximum atomic E-state index is 12.6. The molecule has 0 aliphatic heterocycles. The summed E-state index contributed by atoms with van der Waals surface area (Å²) in [7, 11) is 0. The normalized spacial score (nSPS) is 14.1. The molecule has 0 aromatic rings. The first-order valence-corrected chi connectivity index (χ1v) is 30.2. The third-order valence-electron chi connectivity index (χ3n) is 13.9. The maximum absolute atomic E-state index is 12.6. The molecule has 404 valence electrons. The summed E-state index contributed by atoms with van der Waals surface area (Å²) in [6.07, 6.45) is 74.4. The van der Waals surface area contributed by atoms with Crippen LogP contribution in [0.15, 0.2) is 60.8 Å². The Balaban J connectivity index is 3.70. The van der Waals surface area contributed by atoms with E-state index in [-0.39, 0.29) is 0 Å². The van der Waals surface area contributed by atoms with Crippen molar-refractivity contribution >= 4 is 5.91 Å². The van der Waals surface area contributed by atoms with E-state index in [1.54, 1.807) is 0 Å². The van der Waals surface area contributed by atoms with Crippen molar-refractivity contribution < 1.29 is 25.2 Å². The smallest absolute Gasteiger partial charge is 0.249 e. The molecule has 0 rings (SSSR count). The Morgan fingerprint density at radius 3 is 1.00 bits per heavy atom. The number of rotatable bonds is 55. The topological polar surface area (TPSA) is 110 Å². The third kappa shape index (κ3) is 50.7. The van der Waals surface area contributed by atoms with Crippen LogP contribution in [0.1, 0.15) is 303 Å². The minimum absolute atomic E-state index is 0.355. The molecule has 69 heavy (non-hydrogen) atoms. The fourth-order valence-electron chi connectivity index (χ4n) is 9.18. The Morgan fingerprint density at radius 2 is 0.652 bits per heavy atom. The summed E-state index contributed by atoms with van der Waals surface area (Å²) in [5.41, 5.74) is 0. The van der Waals surface area contributed by atoms with Gasteiger partial charge in [-0.25, -0.2) is 0 Å². The number of amides is 1. The first kappa shape index (κ1) is 67.0. The van der Waals surface area contributed by atoms with Gasteiger partial charge in [0.15, 0.2) is 0 Å². The molecule has 5 N–H and O–H groups in total. The van der Waals surface area contributed by atoms with E-state index in [1.165, 1.54) is 212 Å². The highest BCUT2D eigenvalue weighted by atomic mass is 16.3. The van der Waals surface area contributed by atoms with Gasteiger partial charge in [0.2, 0.25) is 5.91 Å². The number of allylic oxidation sites excluding steroid dienone is 10. The number of aliphatic hydroxyl groups excluding tert-OH is 4. The Hall–Kier alpha value is -1.99. The molecule has 1 amide bonds. The van der Waals surface area contributed by atoms with Gasteiger partial charge in [-0.05, 0) is 96.3 Å². The summed E-state index contributed by atoms with van der Waals surface area (Å²) in [4.78, 5) is 12.6. The number of carbonyl (C=O) groups excluding carboxylic acids is 1. The zero-order chi connectivity index (χ0) is 50.2. The summed E-state index contributed by atoms with van der Waals surface area (Å²) in [6, 6.07) is -1.02. The summed E-state index contributed by atoms with van der Waals surface area (Å²) in [6.45, 7) is 4.06. The average Bonchev–Trinajstić information content (AvgIpc) is 3.35. The maximum Gasteiger partial charge on any atom is 0.249 e.